The first-order chi connectivity index (χ1) is 8.22. The van der Waals surface area contributed by atoms with Crippen molar-refractivity contribution in [1.82, 2.24) is 4.90 Å². The van der Waals surface area contributed by atoms with Crippen LogP contribution in [-0.2, 0) is 6.42 Å². The number of nitrogens with one attached hydrogen (secondary N) is 1. The average Bonchev–Trinajstić information content (AvgIpc) is 2.81. The van der Waals surface area contributed by atoms with E-state index in [9.17, 15) is 4.79 Å². The summed E-state index contributed by atoms with van der Waals surface area (Å²) in [5.41, 5.74) is 3.18. The fourth-order valence-corrected chi connectivity index (χ4v) is 2.04. The Morgan fingerprint density at radius 2 is 2.41 bits per heavy atom. The molecule has 1 aliphatic heterocycles. The molecule has 3 nitrogen and oxygen atoms in total. The van der Waals surface area contributed by atoms with E-state index in [0.29, 0.717) is 0 Å². The predicted octanol–water partition coefficient (Wildman–Crippen LogP) is 2.30. The first kappa shape index (κ1) is 11.7. The summed E-state index contributed by atoms with van der Waals surface area (Å²) in [6.07, 6.45) is 3.66. The van der Waals surface area contributed by atoms with Crippen LogP contribution in [0, 0.1) is 0 Å². The number of amides is 1. The predicted molar refractivity (Wildman–Crippen MR) is 70.4 cm³/mol. The number of benzene rings is 1. The van der Waals surface area contributed by atoms with E-state index in [4.69, 9.17) is 0 Å². The quantitative estimate of drug-likeness (QED) is 0.805. The molecule has 1 N–H and O–H groups in total. The SMILES string of the molecule is C=CCCN(C)C(=O)c1ccc2c(c1)CCN2. The number of fused-ring (bicyclic) bond motifs is 1. The van der Waals surface area contributed by atoms with E-state index in [1.54, 1.807) is 4.90 Å². The summed E-state index contributed by atoms with van der Waals surface area (Å²) in [6, 6.07) is 5.89. The highest BCUT2D eigenvalue weighted by atomic mass is 16.2. The van der Waals surface area contributed by atoms with Gasteiger partial charge >= 0.3 is 0 Å². The van der Waals surface area contributed by atoms with Crippen molar-refractivity contribution in [3.8, 4) is 0 Å². The van der Waals surface area contributed by atoms with Crippen molar-refractivity contribution in [3.05, 3.63) is 42.0 Å². The second-order valence-electron chi connectivity index (χ2n) is 4.35. The molecule has 0 radical (unpaired) electrons. The summed E-state index contributed by atoms with van der Waals surface area (Å²) in [5.74, 6) is 0.0848. The Morgan fingerprint density at radius 3 is 3.18 bits per heavy atom. The topological polar surface area (TPSA) is 32.3 Å². The number of rotatable bonds is 4. The van der Waals surface area contributed by atoms with Crippen molar-refractivity contribution in [2.75, 3.05) is 25.5 Å². The molecule has 1 aromatic carbocycles. The van der Waals surface area contributed by atoms with Crippen molar-refractivity contribution < 1.29 is 4.79 Å². The minimum Gasteiger partial charge on any atom is -0.384 e. The highest BCUT2D eigenvalue weighted by Crippen LogP contribution is 2.23. The third-order valence-electron chi connectivity index (χ3n) is 3.08. The molecule has 1 aromatic rings. The van der Waals surface area contributed by atoms with Crippen LogP contribution in [0.1, 0.15) is 22.3 Å². The summed E-state index contributed by atoms with van der Waals surface area (Å²) >= 11 is 0. The van der Waals surface area contributed by atoms with Gasteiger partial charge in [-0.3, -0.25) is 4.79 Å². The molecule has 0 bridgehead atoms. The molecule has 1 heterocycles. The summed E-state index contributed by atoms with van der Waals surface area (Å²) < 4.78 is 0. The van der Waals surface area contributed by atoms with Crippen LogP contribution < -0.4 is 5.32 Å². The van der Waals surface area contributed by atoms with Crippen LogP contribution in [0.2, 0.25) is 0 Å². The molecule has 0 aromatic heterocycles. The van der Waals surface area contributed by atoms with Crippen molar-refractivity contribution in [1.29, 1.82) is 0 Å². The Balaban J connectivity index is 2.11. The highest BCUT2D eigenvalue weighted by molar-refractivity contribution is 5.94. The van der Waals surface area contributed by atoms with Gasteiger partial charge in [0.05, 0.1) is 0 Å². The number of hydrogen-bond donors (Lipinski definition) is 1. The number of nitrogens with zero attached hydrogens (tertiary/aromatic N) is 1. The lowest BCUT2D eigenvalue weighted by atomic mass is 10.1. The number of carbonyl (C=O) groups is 1. The van der Waals surface area contributed by atoms with E-state index < -0.39 is 0 Å². The van der Waals surface area contributed by atoms with Gasteiger partial charge in [-0.2, -0.15) is 0 Å². The zero-order chi connectivity index (χ0) is 12.3. The van der Waals surface area contributed by atoms with Crippen molar-refractivity contribution in [2.24, 2.45) is 0 Å². The van der Waals surface area contributed by atoms with Gasteiger partial charge in [0.2, 0.25) is 0 Å². The lowest BCUT2D eigenvalue weighted by molar-refractivity contribution is 0.0797. The van der Waals surface area contributed by atoms with Gasteiger partial charge in [-0.05, 0) is 36.6 Å². The number of hydrogen-bond acceptors (Lipinski definition) is 2. The Bertz CT molecular complexity index is 440. The molecule has 0 aliphatic carbocycles. The van der Waals surface area contributed by atoms with E-state index in [-0.39, 0.29) is 5.91 Å². The lowest BCUT2D eigenvalue weighted by Gasteiger charge is -2.16. The number of carbonyl (C=O) groups excluding carboxylic acids is 1. The van der Waals surface area contributed by atoms with Gasteiger partial charge in [0, 0.05) is 31.4 Å². The molecule has 17 heavy (non-hydrogen) atoms. The van der Waals surface area contributed by atoms with Gasteiger partial charge in [0.25, 0.3) is 5.91 Å². The molecule has 0 saturated heterocycles. The van der Waals surface area contributed by atoms with Crippen molar-refractivity contribution in [2.45, 2.75) is 12.8 Å². The van der Waals surface area contributed by atoms with Crippen molar-refractivity contribution in [3.63, 3.8) is 0 Å². The zero-order valence-electron chi connectivity index (χ0n) is 10.2. The van der Waals surface area contributed by atoms with Crippen LogP contribution >= 0.6 is 0 Å². The van der Waals surface area contributed by atoms with Gasteiger partial charge in [-0.15, -0.1) is 6.58 Å². The molecule has 1 amide bonds. The lowest BCUT2D eigenvalue weighted by Crippen LogP contribution is -2.27. The summed E-state index contributed by atoms with van der Waals surface area (Å²) in [5, 5.41) is 3.29. The van der Waals surface area contributed by atoms with Crippen LogP contribution in [0.25, 0.3) is 0 Å². The van der Waals surface area contributed by atoms with Crippen LogP contribution in [-0.4, -0.2) is 30.9 Å². The van der Waals surface area contributed by atoms with Crippen molar-refractivity contribution >= 4 is 11.6 Å². The highest BCUT2D eigenvalue weighted by Gasteiger charge is 2.15. The van der Waals surface area contributed by atoms with E-state index in [1.807, 2.05) is 31.3 Å². The Hall–Kier alpha value is -1.77. The van der Waals surface area contributed by atoms with Crippen LogP contribution in [0.4, 0.5) is 5.69 Å². The summed E-state index contributed by atoms with van der Waals surface area (Å²) in [6.45, 7) is 5.36. The first-order valence-corrected chi connectivity index (χ1v) is 5.95. The number of anilines is 1. The second kappa shape index (κ2) is 5.04. The standard InChI is InChI=1S/C14H18N2O/c1-3-4-9-16(2)14(17)12-5-6-13-11(10-12)7-8-15-13/h3,5-6,10,15H,1,4,7-9H2,2H3. The monoisotopic (exact) mass is 230 g/mol. The fraction of sp³-hybridized carbons (Fsp3) is 0.357. The third kappa shape index (κ3) is 2.49. The molecule has 0 fully saturated rings. The van der Waals surface area contributed by atoms with Gasteiger partial charge in [-0.1, -0.05) is 6.08 Å². The summed E-state index contributed by atoms with van der Waals surface area (Å²) in [4.78, 5) is 13.9. The molecule has 0 unspecified atom stereocenters. The van der Waals surface area contributed by atoms with Crippen LogP contribution in [0.5, 0.6) is 0 Å². The van der Waals surface area contributed by atoms with E-state index >= 15 is 0 Å². The maximum atomic E-state index is 12.1. The molecular weight excluding hydrogens is 212 g/mol. The van der Waals surface area contributed by atoms with E-state index in [2.05, 4.69) is 11.9 Å². The molecular formula is C14H18N2O. The zero-order valence-corrected chi connectivity index (χ0v) is 10.2. The minimum absolute atomic E-state index is 0.0848. The maximum absolute atomic E-state index is 12.1. The average molecular weight is 230 g/mol. The van der Waals surface area contributed by atoms with Gasteiger partial charge < -0.3 is 10.2 Å². The second-order valence-corrected chi connectivity index (χ2v) is 4.35. The molecule has 0 atom stereocenters. The van der Waals surface area contributed by atoms with Crippen LogP contribution in [0.15, 0.2) is 30.9 Å². The van der Waals surface area contributed by atoms with Gasteiger partial charge in [0.1, 0.15) is 0 Å². The fourth-order valence-electron chi connectivity index (χ4n) is 2.04. The normalized spacial score (nSPS) is 12.8. The van der Waals surface area contributed by atoms with E-state index in [0.717, 1.165) is 37.2 Å². The van der Waals surface area contributed by atoms with Gasteiger partial charge in [-0.25, -0.2) is 0 Å². The molecule has 0 spiro atoms. The summed E-state index contributed by atoms with van der Waals surface area (Å²) in [7, 11) is 1.83. The Labute approximate surface area is 102 Å². The molecule has 90 valence electrons. The molecule has 1 aliphatic rings. The maximum Gasteiger partial charge on any atom is 0.253 e. The largest absolute Gasteiger partial charge is 0.384 e. The Morgan fingerprint density at radius 1 is 1.59 bits per heavy atom. The minimum atomic E-state index is 0.0848. The van der Waals surface area contributed by atoms with Crippen LogP contribution in [0.3, 0.4) is 0 Å². The van der Waals surface area contributed by atoms with Gasteiger partial charge in [0.15, 0.2) is 0 Å². The smallest absolute Gasteiger partial charge is 0.253 e. The third-order valence-corrected chi connectivity index (χ3v) is 3.08. The first-order valence-electron chi connectivity index (χ1n) is 5.95. The molecule has 3 heteroatoms. The molecule has 2 rings (SSSR count). The molecule has 0 saturated carbocycles. The van der Waals surface area contributed by atoms with E-state index in [1.165, 1.54) is 5.56 Å². The Kier molecular flexibility index (Phi) is 3.47.